The molecule has 0 saturated carbocycles. The van der Waals surface area contributed by atoms with Crippen LogP contribution in [0.1, 0.15) is 6.92 Å². The molecule has 3 rings (SSSR count). The maximum absolute atomic E-state index is 12.7. The van der Waals surface area contributed by atoms with Crippen LogP contribution in [0.2, 0.25) is 0 Å². The third kappa shape index (κ3) is 2.20. The van der Waals surface area contributed by atoms with Gasteiger partial charge in [-0.05, 0) is 30.0 Å². The summed E-state index contributed by atoms with van der Waals surface area (Å²) in [6.07, 6.45) is 1.68. The van der Waals surface area contributed by atoms with Gasteiger partial charge in [-0.25, -0.2) is 14.5 Å². The van der Waals surface area contributed by atoms with Crippen LogP contribution in [0.4, 0.5) is 0 Å². The van der Waals surface area contributed by atoms with E-state index in [2.05, 4.69) is 9.97 Å². The lowest BCUT2D eigenvalue weighted by Gasteiger charge is -2.11. The molecule has 0 saturated heterocycles. The van der Waals surface area contributed by atoms with E-state index in [0.717, 1.165) is 11.3 Å². The Morgan fingerprint density at radius 3 is 2.70 bits per heavy atom. The second kappa shape index (κ2) is 5.46. The Hall–Kier alpha value is -2.14. The molecule has 0 aliphatic rings. The molecule has 1 aromatic carbocycles. The number of hydrogen-bond acceptors (Lipinski definition) is 4. The minimum atomic E-state index is -0.0785. The van der Waals surface area contributed by atoms with Crippen molar-refractivity contribution in [3.63, 3.8) is 0 Å². The zero-order valence-electron chi connectivity index (χ0n) is 11.0. The van der Waals surface area contributed by atoms with Gasteiger partial charge in [-0.3, -0.25) is 4.79 Å². The molecular weight excluding hydrogens is 270 g/mol. The first kappa shape index (κ1) is 12.9. The van der Waals surface area contributed by atoms with Crippen molar-refractivity contribution in [1.82, 2.24) is 14.5 Å². The zero-order chi connectivity index (χ0) is 13.9. The molecule has 0 bridgehead atoms. The van der Waals surface area contributed by atoms with E-state index in [9.17, 15) is 4.79 Å². The van der Waals surface area contributed by atoms with Crippen LogP contribution in [0.25, 0.3) is 16.7 Å². The molecule has 0 aliphatic carbocycles. The molecule has 0 N–H and O–H groups in total. The van der Waals surface area contributed by atoms with E-state index in [1.807, 2.05) is 43.3 Å². The molecule has 0 amide bonds. The van der Waals surface area contributed by atoms with Crippen LogP contribution in [0.15, 0.2) is 58.6 Å². The predicted octanol–water partition coefficient (Wildman–Crippen LogP) is 2.89. The van der Waals surface area contributed by atoms with Crippen molar-refractivity contribution in [2.24, 2.45) is 0 Å². The highest BCUT2D eigenvalue weighted by Gasteiger charge is 2.12. The molecule has 0 fully saturated rings. The third-order valence-electron chi connectivity index (χ3n) is 2.90. The number of rotatable bonds is 3. The van der Waals surface area contributed by atoms with Gasteiger partial charge in [0.25, 0.3) is 5.56 Å². The monoisotopic (exact) mass is 283 g/mol. The summed E-state index contributed by atoms with van der Waals surface area (Å²) in [5.74, 6) is 1.45. The van der Waals surface area contributed by atoms with E-state index in [0.29, 0.717) is 16.4 Å². The SMILES string of the molecule is CCSc1nc2ccccc2c(=O)n1-c1ccccn1. The minimum Gasteiger partial charge on any atom is -0.268 e. The van der Waals surface area contributed by atoms with Crippen LogP contribution in [0.3, 0.4) is 0 Å². The average Bonchev–Trinajstić information content (AvgIpc) is 2.49. The van der Waals surface area contributed by atoms with E-state index in [-0.39, 0.29) is 5.56 Å². The number of aromatic nitrogens is 3. The Labute approximate surface area is 120 Å². The molecule has 0 radical (unpaired) electrons. The number of hydrogen-bond donors (Lipinski definition) is 0. The molecule has 0 atom stereocenters. The Bertz CT molecular complexity index is 799. The van der Waals surface area contributed by atoms with E-state index in [4.69, 9.17) is 0 Å². The predicted molar refractivity (Wildman–Crippen MR) is 81.5 cm³/mol. The number of para-hydroxylation sites is 1. The summed E-state index contributed by atoms with van der Waals surface area (Å²) in [6.45, 7) is 2.04. The summed E-state index contributed by atoms with van der Waals surface area (Å²) >= 11 is 1.54. The van der Waals surface area contributed by atoms with Gasteiger partial charge in [0.15, 0.2) is 5.16 Å². The minimum absolute atomic E-state index is 0.0785. The summed E-state index contributed by atoms with van der Waals surface area (Å²) < 4.78 is 1.58. The lowest BCUT2D eigenvalue weighted by molar-refractivity contribution is 0.796. The molecule has 0 aliphatic heterocycles. The molecule has 3 aromatic rings. The lowest BCUT2D eigenvalue weighted by atomic mass is 10.2. The highest BCUT2D eigenvalue weighted by molar-refractivity contribution is 7.99. The first-order valence-electron chi connectivity index (χ1n) is 6.37. The molecule has 0 unspecified atom stereocenters. The van der Waals surface area contributed by atoms with E-state index in [1.54, 1.807) is 16.8 Å². The van der Waals surface area contributed by atoms with Crippen molar-refractivity contribution in [1.29, 1.82) is 0 Å². The second-order valence-electron chi connectivity index (χ2n) is 4.17. The van der Waals surface area contributed by atoms with Crippen molar-refractivity contribution in [2.75, 3.05) is 5.75 Å². The lowest BCUT2D eigenvalue weighted by Crippen LogP contribution is -2.22. The molecular formula is C15H13N3OS. The maximum Gasteiger partial charge on any atom is 0.267 e. The summed E-state index contributed by atoms with van der Waals surface area (Å²) in [4.78, 5) is 21.6. The molecule has 5 heteroatoms. The van der Waals surface area contributed by atoms with Gasteiger partial charge in [-0.2, -0.15) is 0 Å². The average molecular weight is 283 g/mol. The highest BCUT2D eigenvalue weighted by atomic mass is 32.2. The summed E-state index contributed by atoms with van der Waals surface area (Å²) in [6, 6.07) is 12.9. The Balaban J connectivity index is 2.36. The van der Waals surface area contributed by atoms with Crippen molar-refractivity contribution in [3.8, 4) is 5.82 Å². The van der Waals surface area contributed by atoms with Crippen molar-refractivity contribution in [2.45, 2.75) is 12.1 Å². The van der Waals surface area contributed by atoms with Gasteiger partial charge in [0.05, 0.1) is 10.9 Å². The second-order valence-corrected chi connectivity index (χ2v) is 5.40. The fourth-order valence-electron chi connectivity index (χ4n) is 2.03. The summed E-state index contributed by atoms with van der Waals surface area (Å²) in [5, 5.41) is 1.29. The first-order chi connectivity index (χ1) is 9.81. The van der Waals surface area contributed by atoms with Gasteiger partial charge in [-0.15, -0.1) is 0 Å². The van der Waals surface area contributed by atoms with E-state index < -0.39 is 0 Å². The summed E-state index contributed by atoms with van der Waals surface area (Å²) in [5.41, 5.74) is 0.644. The normalized spacial score (nSPS) is 10.8. The van der Waals surface area contributed by atoms with Crippen LogP contribution in [-0.4, -0.2) is 20.3 Å². The first-order valence-corrected chi connectivity index (χ1v) is 7.36. The fraction of sp³-hybridized carbons (Fsp3) is 0.133. The van der Waals surface area contributed by atoms with Crippen molar-refractivity contribution in [3.05, 3.63) is 59.0 Å². The zero-order valence-corrected chi connectivity index (χ0v) is 11.8. The Morgan fingerprint density at radius 2 is 1.95 bits per heavy atom. The summed E-state index contributed by atoms with van der Waals surface area (Å²) in [7, 11) is 0. The van der Waals surface area contributed by atoms with Crippen molar-refractivity contribution < 1.29 is 0 Å². The van der Waals surface area contributed by atoms with Gasteiger partial charge in [0.2, 0.25) is 0 Å². The number of nitrogens with zero attached hydrogens (tertiary/aromatic N) is 3. The van der Waals surface area contributed by atoms with Gasteiger partial charge in [0.1, 0.15) is 5.82 Å². The standard InChI is InChI=1S/C15H13N3OS/c1-2-20-15-17-12-8-4-3-7-11(12)14(19)18(15)13-9-5-6-10-16-13/h3-10H,2H2,1H3. The molecule has 0 spiro atoms. The maximum atomic E-state index is 12.7. The topological polar surface area (TPSA) is 47.8 Å². The smallest absolute Gasteiger partial charge is 0.267 e. The van der Waals surface area contributed by atoms with Crippen LogP contribution in [0, 0.1) is 0 Å². The molecule has 4 nitrogen and oxygen atoms in total. The number of fused-ring (bicyclic) bond motifs is 1. The van der Waals surface area contributed by atoms with Gasteiger partial charge >= 0.3 is 0 Å². The Morgan fingerprint density at radius 1 is 1.15 bits per heavy atom. The van der Waals surface area contributed by atoms with Gasteiger partial charge in [-0.1, -0.05) is 36.9 Å². The van der Waals surface area contributed by atoms with Crippen LogP contribution in [0.5, 0.6) is 0 Å². The Kier molecular flexibility index (Phi) is 3.52. The van der Waals surface area contributed by atoms with Gasteiger partial charge < -0.3 is 0 Å². The highest BCUT2D eigenvalue weighted by Crippen LogP contribution is 2.19. The number of pyridine rings is 1. The molecule has 2 heterocycles. The van der Waals surface area contributed by atoms with Crippen molar-refractivity contribution >= 4 is 22.7 Å². The van der Waals surface area contributed by atoms with Crippen LogP contribution >= 0.6 is 11.8 Å². The number of benzene rings is 1. The fourth-order valence-corrected chi connectivity index (χ4v) is 2.75. The van der Waals surface area contributed by atoms with Crippen LogP contribution in [-0.2, 0) is 0 Å². The number of thioether (sulfide) groups is 1. The largest absolute Gasteiger partial charge is 0.268 e. The quantitative estimate of drug-likeness (QED) is 0.548. The third-order valence-corrected chi connectivity index (χ3v) is 3.72. The molecule has 20 heavy (non-hydrogen) atoms. The molecule has 100 valence electrons. The molecule has 2 aromatic heterocycles. The van der Waals surface area contributed by atoms with E-state index in [1.165, 1.54) is 11.8 Å². The van der Waals surface area contributed by atoms with Gasteiger partial charge in [0, 0.05) is 6.20 Å². The van der Waals surface area contributed by atoms with E-state index >= 15 is 0 Å². The van der Waals surface area contributed by atoms with Crippen LogP contribution < -0.4 is 5.56 Å².